The van der Waals surface area contributed by atoms with Crippen LogP contribution in [0.1, 0.15) is 26.2 Å². The first-order chi connectivity index (χ1) is 8.74. The Morgan fingerprint density at radius 2 is 2.05 bits per heavy atom. The lowest BCUT2D eigenvalue weighted by molar-refractivity contribution is -0.140. The molecule has 0 heterocycles. The number of carbonyl (C=O) groups is 1. The van der Waals surface area contributed by atoms with E-state index in [9.17, 15) is 4.79 Å². The Morgan fingerprint density at radius 1 is 1.32 bits per heavy atom. The largest absolute Gasteiger partial charge is 0.469 e. The van der Waals surface area contributed by atoms with Crippen LogP contribution in [0.3, 0.4) is 0 Å². The van der Waals surface area contributed by atoms with E-state index in [1.165, 1.54) is 19.3 Å². The predicted octanol–water partition coefficient (Wildman–Crippen LogP) is 1.87. The molecule has 0 rings (SSSR count). The van der Waals surface area contributed by atoms with Crippen LogP contribution in [0.15, 0.2) is 4.99 Å². The lowest BCUT2D eigenvalue weighted by Crippen LogP contribution is -2.38. The van der Waals surface area contributed by atoms with Gasteiger partial charge in [0.05, 0.1) is 13.5 Å². The van der Waals surface area contributed by atoms with Gasteiger partial charge in [-0.25, -0.2) is 0 Å². The molecule has 0 aliphatic carbocycles. The van der Waals surface area contributed by atoms with Crippen molar-refractivity contribution in [1.82, 2.24) is 10.6 Å². The second-order valence-electron chi connectivity index (χ2n) is 3.71. The minimum atomic E-state index is -0.210. The number of nitrogens with one attached hydrogen (secondary N) is 2. The number of nitrogens with zero attached hydrogens (tertiary/aromatic N) is 1. The fourth-order valence-corrected chi connectivity index (χ4v) is 1.77. The molecule has 0 atom stereocenters. The van der Waals surface area contributed by atoms with Gasteiger partial charge < -0.3 is 15.4 Å². The van der Waals surface area contributed by atoms with E-state index in [4.69, 9.17) is 0 Å². The molecule has 7 heteroatoms. The Balaban J connectivity index is 0. The summed E-state index contributed by atoms with van der Waals surface area (Å²) in [5, 5.41) is 6.26. The molecule has 0 aliphatic rings. The summed E-state index contributed by atoms with van der Waals surface area (Å²) >= 11 is 1.86. The van der Waals surface area contributed by atoms with Gasteiger partial charge in [-0.2, -0.15) is 11.8 Å². The Kier molecular flexibility index (Phi) is 17.7. The molecule has 0 radical (unpaired) electrons. The SMILES string of the molecule is CCNC(=NCCCCSC)NCCC(=O)OC.I. The Labute approximate surface area is 137 Å². The summed E-state index contributed by atoms with van der Waals surface area (Å²) in [6, 6.07) is 0. The van der Waals surface area contributed by atoms with Crippen molar-refractivity contribution in [2.75, 3.05) is 38.8 Å². The van der Waals surface area contributed by atoms with Gasteiger partial charge >= 0.3 is 5.97 Å². The number of guanidine groups is 1. The summed E-state index contributed by atoms with van der Waals surface area (Å²) in [5.74, 6) is 1.74. The number of carbonyl (C=O) groups excluding carboxylic acids is 1. The number of unbranched alkanes of at least 4 members (excludes halogenated alkanes) is 1. The third kappa shape index (κ3) is 14.0. The van der Waals surface area contributed by atoms with Crippen LogP contribution in [0.4, 0.5) is 0 Å². The van der Waals surface area contributed by atoms with Crippen molar-refractivity contribution in [3.63, 3.8) is 0 Å². The highest BCUT2D eigenvalue weighted by Crippen LogP contribution is 1.98. The van der Waals surface area contributed by atoms with Gasteiger partial charge in [0.15, 0.2) is 5.96 Å². The molecule has 0 saturated carbocycles. The van der Waals surface area contributed by atoms with Gasteiger partial charge in [-0.15, -0.1) is 24.0 Å². The number of hydrogen-bond donors (Lipinski definition) is 2. The zero-order valence-corrected chi connectivity index (χ0v) is 15.2. The third-order valence-corrected chi connectivity index (χ3v) is 2.92. The van der Waals surface area contributed by atoms with E-state index in [0.29, 0.717) is 13.0 Å². The average Bonchev–Trinajstić information content (AvgIpc) is 2.38. The van der Waals surface area contributed by atoms with E-state index in [-0.39, 0.29) is 29.9 Å². The molecule has 0 unspecified atom stereocenters. The molecule has 0 amide bonds. The van der Waals surface area contributed by atoms with E-state index in [1.807, 2.05) is 18.7 Å². The molecule has 114 valence electrons. The summed E-state index contributed by atoms with van der Waals surface area (Å²) in [6.45, 7) is 4.19. The van der Waals surface area contributed by atoms with Crippen molar-refractivity contribution in [3.8, 4) is 0 Å². The number of hydrogen-bond acceptors (Lipinski definition) is 4. The van der Waals surface area contributed by atoms with Gasteiger partial charge in [-0.05, 0) is 31.8 Å². The highest BCUT2D eigenvalue weighted by atomic mass is 127. The molecule has 0 fully saturated rings. The van der Waals surface area contributed by atoms with Crippen molar-refractivity contribution in [2.45, 2.75) is 26.2 Å². The molecule has 0 bridgehead atoms. The summed E-state index contributed by atoms with van der Waals surface area (Å²) < 4.78 is 4.58. The molecule has 0 aromatic heterocycles. The first kappa shape index (κ1) is 21.1. The molecule has 5 nitrogen and oxygen atoms in total. The van der Waals surface area contributed by atoms with E-state index in [2.05, 4.69) is 26.6 Å². The standard InChI is InChI=1S/C12H25N3O2S.HI/c1-4-13-12(14-8-5-6-10-18-3)15-9-7-11(16)17-2;/h4-10H2,1-3H3,(H2,13,14,15);1H. The monoisotopic (exact) mass is 403 g/mol. The molecule has 0 saturated heterocycles. The number of aliphatic imine (C=N–C) groups is 1. The van der Waals surface area contributed by atoms with Crippen LogP contribution >= 0.6 is 35.7 Å². The molecule has 2 N–H and O–H groups in total. The van der Waals surface area contributed by atoms with Gasteiger partial charge in [0.2, 0.25) is 0 Å². The van der Waals surface area contributed by atoms with Crippen molar-refractivity contribution in [2.24, 2.45) is 4.99 Å². The highest BCUT2D eigenvalue weighted by molar-refractivity contribution is 14.0. The number of esters is 1. The maximum atomic E-state index is 11.0. The lowest BCUT2D eigenvalue weighted by atomic mass is 10.3. The van der Waals surface area contributed by atoms with Crippen LogP contribution < -0.4 is 10.6 Å². The van der Waals surface area contributed by atoms with Crippen molar-refractivity contribution in [3.05, 3.63) is 0 Å². The summed E-state index contributed by atoms with van der Waals surface area (Å²) in [7, 11) is 1.40. The maximum absolute atomic E-state index is 11.0. The Hall–Kier alpha value is -0.180. The van der Waals surface area contributed by atoms with Gasteiger partial charge in [0.25, 0.3) is 0 Å². The predicted molar refractivity (Wildman–Crippen MR) is 93.6 cm³/mol. The Bertz CT molecular complexity index is 253. The molecule has 0 aromatic rings. The van der Waals surface area contributed by atoms with E-state index < -0.39 is 0 Å². The molecule has 0 aromatic carbocycles. The Morgan fingerprint density at radius 3 is 2.63 bits per heavy atom. The number of thioether (sulfide) groups is 1. The minimum Gasteiger partial charge on any atom is -0.469 e. The van der Waals surface area contributed by atoms with Crippen LogP contribution in [0, 0.1) is 0 Å². The zero-order valence-electron chi connectivity index (χ0n) is 12.0. The normalized spacial score (nSPS) is 10.6. The molecule has 19 heavy (non-hydrogen) atoms. The second-order valence-corrected chi connectivity index (χ2v) is 4.70. The van der Waals surface area contributed by atoms with E-state index in [1.54, 1.807) is 0 Å². The summed E-state index contributed by atoms with van der Waals surface area (Å²) in [6.07, 6.45) is 4.75. The van der Waals surface area contributed by atoms with E-state index in [0.717, 1.165) is 25.5 Å². The zero-order chi connectivity index (χ0) is 13.6. The second kappa shape index (κ2) is 15.9. The van der Waals surface area contributed by atoms with Crippen molar-refractivity contribution in [1.29, 1.82) is 0 Å². The van der Waals surface area contributed by atoms with Crippen molar-refractivity contribution < 1.29 is 9.53 Å². The number of rotatable bonds is 9. The molecular weight excluding hydrogens is 377 g/mol. The fraction of sp³-hybridized carbons (Fsp3) is 0.833. The number of halogens is 1. The number of methoxy groups -OCH3 is 1. The molecular formula is C12H26IN3O2S. The average molecular weight is 403 g/mol. The van der Waals surface area contributed by atoms with Crippen LogP contribution in [0.2, 0.25) is 0 Å². The summed E-state index contributed by atoms with van der Waals surface area (Å²) in [5.41, 5.74) is 0. The maximum Gasteiger partial charge on any atom is 0.307 e. The van der Waals surface area contributed by atoms with Crippen LogP contribution in [0.5, 0.6) is 0 Å². The van der Waals surface area contributed by atoms with E-state index >= 15 is 0 Å². The van der Waals surface area contributed by atoms with Gasteiger partial charge in [-0.3, -0.25) is 9.79 Å². The fourth-order valence-electron chi connectivity index (χ4n) is 1.28. The molecule has 0 spiro atoms. The van der Waals surface area contributed by atoms with Crippen LogP contribution in [-0.2, 0) is 9.53 Å². The quantitative estimate of drug-likeness (QED) is 0.202. The highest BCUT2D eigenvalue weighted by Gasteiger charge is 2.01. The first-order valence-corrected chi connectivity index (χ1v) is 7.71. The summed E-state index contributed by atoms with van der Waals surface area (Å²) in [4.78, 5) is 15.4. The molecule has 0 aliphatic heterocycles. The first-order valence-electron chi connectivity index (χ1n) is 6.32. The third-order valence-electron chi connectivity index (χ3n) is 2.22. The smallest absolute Gasteiger partial charge is 0.307 e. The lowest BCUT2D eigenvalue weighted by Gasteiger charge is -2.10. The number of ether oxygens (including phenoxy) is 1. The van der Waals surface area contributed by atoms with Crippen LogP contribution in [-0.4, -0.2) is 50.7 Å². The van der Waals surface area contributed by atoms with Crippen molar-refractivity contribution >= 4 is 47.7 Å². The van der Waals surface area contributed by atoms with Gasteiger partial charge in [0, 0.05) is 19.6 Å². The van der Waals surface area contributed by atoms with Gasteiger partial charge in [-0.1, -0.05) is 0 Å². The van der Waals surface area contributed by atoms with Gasteiger partial charge in [0.1, 0.15) is 0 Å². The minimum absolute atomic E-state index is 0. The van der Waals surface area contributed by atoms with Crippen LogP contribution in [0.25, 0.3) is 0 Å². The topological polar surface area (TPSA) is 62.7 Å².